The summed E-state index contributed by atoms with van der Waals surface area (Å²) in [5, 5.41) is 6.18. The Morgan fingerprint density at radius 2 is 2.08 bits per heavy atom. The molecule has 9 heteroatoms. The number of halogens is 2. The molecule has 25 heavy (non-hydrogen) atoms. The highest BCUT2D eigenvalue weighted by atomic mass is 32.1. The third kappa shape index (κ3) is 3.99. The molecule has 0 aliphatic rings. The van der Waals surface area contributed by atoms with Crippen molar-refractivity contribution in [1.82, 2.24) is 9.55 Å². The largest absolute Gasteiger partial charge is 0.307 e. The Morgan fingerprint density at radius 1 is 1.28 bits per heavy atom. The summed E-state index contributed by atoms with van der Waals surface area (Å²) in [7, 11) is 0. The third-order valence-electron chi connectivity index (χ3n) is 3.49. The number of hydrogen-bond donors (Lipinski definition) is 1. The van der Waals surface area contributed by atoms with E-state index in [2.05, 4.69) is 10.3 Å². The molecule has 0 saturated carbocycles. The average Bonchev–Trinajstić information content (AvgIpc) is 3.15. The maximum Gasteiger partial charge on any atom is 0.307 e. The SMILES string of the molecule is Cc1csc(=O)n1CCC(=O)Nc1nc(-c2cc(F)ccc2F)cs1. The summed E-state index contributed by atoms with van der Waals surface area (Å²) in [6.45, 7) is 2.08. The van der Waals surface area contributed by atoms with Gasteiger partial charge >= 0.3 is 4.87 Å². The van der Waals surface area contributed by atoms with Crippen molar-refractivity contribution in [3.05, 3.63) is 56.0 Å². The van der Waals surface area contributed by atoms with E-state index in [1.165, 1.54) is 4.57 Å². The first-order chi connectivity index (χ1) is 11.9. The van der Waals surface area contributed by atoms with Crippen LogP contribution >= 0.6 is 22.7 Å². The molecular formula is C16H13F2N3O2S2. The summed E-state index contributed by atoms with van der Waals surface area (Å²) in [6.07, 6.45) is 0.112. The molecule has 130 valence electrons. The lowest BCUT2D eigenvalue weighted by Crippen LogP contribution is -2.20. The van der Waals surface area contributed by atoms with Gasteiger partial charge in [-0.1, -0.05) is 11.3 Å². The summed E-state index contributed by atoms with van der Waals surface area (Å²) in [6, 6.07) is 3.12. The molecule has 0 aliphatic heterocycles. The van der Waals surface area contributed by atoms with Crippen LogP contribution in [0.5, 0.6) is 0 Å². The highest BCUT2D eigenvalue weighted by Crippen LogP contribution is 2.27. The van der Waals surface area contributed by atoms with Crippen LogP contribution in [-0.4, -0.2) is 15.5 Å². The zero-order valence-corrected chi connectivity index (χ0v) is 14.7. The maximum atomic E-state index is 13.8. The van der Waals surface area contributed by atoms with Crippen molar-refractivity contribution in [2.45, 2.75) is 19.9 Å². The van der Waals surface area contributed by atoms with Gasteiger partial charge in [-0.25, -0.2) is 13.8 Å². The van der Waals surface area contributed by atoms with Gasteiger partial charge < -0.3 is 9.88 Å². The van der Waals surface area contributed by atoms with Crippen LogP contribution in [0.2, 0.25) is 0 Å². The van der Waals surface area contributed by atoms with Crippen LogP contribution in [0, 0.1) is 18.6 Å². The highest BCUT2D eigenvalue weighted by molar-refractivity contribution is 7.14. The predicted octanol–water partition coefficient (Wildman–Crippen LogP) is 3.65. The van der Waals surface area contributed by atoms with Crippen LogP contribution < -0.4 is 10.2 Å². The molecule has 0 fully saturated rings. The van der Waals surface area contributed by atoms with Crippen LogP contribution in [0.3, 0.4) is 0 Å². The smallest absolute Gasteiger partial charge is 0.303 e. The monoisotopic (exact) mass is 381 g/mol. The number of nitrogens with zero attached hydrogens (tertiary/aromatic N) is 2. The number of aromatic nitrogens is 2. The molecule has 0 spiro atoms. The fourth-order valence-corrected chi connectivity index (χ4v) is 3.71. The zero-order chi connectivity index (χ0) is 18.0. The molecule has 0 saturated heterocycles. The summed E-state index contributed by atoms with van der Waals surface area (Å²) in [4.78, 5) is 27.6. The van der Waals surface area contributed by atoms with E-state index in [9.17, 15) is 18.4 Å². The zero-order valence-electron chi connectivity index (χ0n) is 13.1. The normalized spacial score (nSPS) is 10.8. The van der Waals surface area contributed by atoms with Crippen LogP contribution in [0.1, 0.15) is 12.1 Å². The van der Waals surface area contributed by atoms with Gasteiger partial charge in [0.2, 0.25) is 5.91 Å². The number of carbonyl (C=O) groups excluding carboxylic acids is 1. The summed E-state index contributed by atoms with van der Waals surface area (Å²) in [5.74, 6) is -1.46. The summed E-state index contributed by atoms with van der Waals surface area (Å²) >= 11 is 2.21. The number of thiazole rings is 2. The number of anilines is 1. The molecule has 3 rings (SSSR count). The minimum Gasteiger partial charge on any atom is -0.303 e. The van der Waals surface area contributed by atoms with Crippen molar-refractivity contribution in [2.24, 2.45) is 0 Å². The van der Waals surface area contributed by atoms with Crippen LogP contribution in [-0.2, 0) is 11.3 Å². The topological polar surface area (TPSA) is 64.0 Å². The molecule has 1 amide bonds. The van der Waals surface area contributed by atoms with E-state index in [0.717, 1.165) is 46.6 Å². The number of carbonyl (C=O) groups is 1. The Balaban J connectivity index is 1.66. The molecule has 1 aromatic carbocycles. The first kappa shape index (κ1) is 17.4. The number of aryl methyl sites for hydroxylation is 1. The Hall–Kier alpha value is -2.39. The lowest BCUT2D eigenvalue weighted by Gasteiger charge is -2.04. The molecule has 0 atom stereocenters. The number of rotatable bonds is 5. The maximum absolute atomic E-state index is 13.8. The van der Waals surface area contributed by atoms with Gasteiger partial charge in [-0.2, -0.15) is 0 Å². The van der Waals surface area contributed by atoms with Gasteiger partial charge in [0.05, 0.1) is 5.69 Å². The fourth-order valence-electron chi connectivity index (χ4n) is 2.22. The molecule has 0 radical (unpaired) electrons. The molecule has 2 heterocycles. The summed E-state index contributed by atoms with van der Waals surface area (Å²) < 4.78 is 28.5. The second-order valence-corrected chi connectivity index (χ2v) is 6.93. The Labute approximate surface area is 149 Å². The number of nitrogens with one attached hydrogen (secondary N) is 1. The van der Waals surface area contributed by atoms with Gasteiger partial charge in [-0.15, -0.1) is 11.3 Å². The quantitative estimate of drug-likeness (QED) is 0.734. The van der Waals surface area contributed by atoms with Gasteiger partial charge in [0.15, 0.2) is 5.13 Å². The first-order valence-corrected chi connectivity index (χ1v) is 9.05. The molecule has 3 aromatic rings. The van der Waals surface area contributed by atoms with Crippen molar-refractivity contribution >= 4 is 33.7 Å². The van der Waals surface area contributed by atoms with E-state index in [4.69, 9.17) is 0 Å². The standard InChI is InChI=1S/C16H13F2N3O2S2/c1-9-7-25-16(23)21(9)5-4-14(22)20-15-19-13(8-24-15)11-6-10(17)2-3-12(11)18/h2-3,6-8H,4-5H2,1H3,(H,19,20,22). The Kier molecular flexibility index (Phi) is 5.05. The Morgan fingerprint density at radius 3 is 2.80 bits per heavy atom. The van der Waals surface area contributed by atoms with Gasteiger partial charge in [-0.3, -0.25) is 9.59 Å². The van der Waals surface area contributed by atoms with E-state index >= 15 is 0 Å². The molecular weight excluding hydrogens is 368 g/mol. The van der Waals surface area contributed by atoms with Crippen LogP contribution in [0.15, 0.2) is 33.8 Å². The molecule has 0 aliphatic carbocycles. The lowest BCUT2D eigenvalue weighted by molar-refractivity contribution is -0.116. The number of benzene rings is 1. The minimum absolute atomic E-state index is 0.0391. The van der Waals surface area contributed by atoms with Crippen molar-refractivity contribution in [3.8, 4) is 11.3 Å². The minimum atomic E-state index is -0.586. The molecule has 1 N–H and O–H groups in total. The van der Waals surface area contributed by atoms with E-state index in [1.807, 2.05) is 0 Å². The van der Waals surface area contributed by atoms with Crippen LogP contribution in [0.25, 0.3) is 11.3 Å². The van der Waals surface area contributed by atoms with E-state index in [-0.39, 0.29) is 40.1 Å². The third-order valence-corrected chi connectivity index (χ3v) is 5.13. The molecule has 0 unspecified atom stereocenters. The molecule has 0 bridgehead atoms. The van der Waals surface area contributed by atoms with Crippen molar-refractivity contribution in [2.75, 3.05) is 5.32 Å². The van der Waals surface area contributed by atoms with Gasteiger partial charge in [0, 0.05) is 35.0 Å². The van der Waals surface area contributed by atoms with Gasteiger partial charge in [0.1, 0.15) is 11.6 Å². The summed E-state index contributed by atoms with van der Waals surface area (Å²) in [5.41, 5.74) is 1.10. The van der Waals surface area contributed by atoms with Crippen molar-refractivity contribution in [3.63, 3.8) is 0 Å². The van der Waals surface area contributed by atoms with Gasteiger partial charge in [0.25, 0.3) is 0 Å². The molecule has 2 aromatic heterocycles. The van der Waals surface area contributed by atoms with E-state index in [0.29, 0.717) is 0 Å². The van der Waals surface area contributed by atoms with E-state index < -0.39 is 11.6 Å². The van der Waals surface area contributed by atoms with Gasteiger partial charge in [-0.05, 0) is 25.1 Å². The second-order valence-electron chi connectivity index (χ2n) is 5.25. The fraction of sp³-hybridized carbons (Fsp3) is 0.188. The first-order valence-electron chi connectivity index (χ1n) is 7.30. The lowest BCUT2D eigenvalue weighted by atomic mass is 10.1. The predicted molar refractivity (Wildman–Crippen MR) is 94.0 cm³/mol. The second kappa shape index (κ2) is 7.24. The Bertz CT molecular complexity index is 978. The van der Waals surface area contributed by atoms with Crippen LogP contribution in [0.4, 0.5) is 13.9 Å². The highest BCUT2D eigenvalue weighted by Gasteiger charge is 2.13. The van der Waals surface area contributed by atoms with Crippen molar-refractivity contribution in [1.29, 1.82) is 0 Å². The molecule has 5 nitrogen and oxygen atoms in total. The average molecular weight is 381 g/mol. The number of hydrogen-bond acceptors (Lipinski definition) is 5. The number of amides is 1. The van der Waals surface area contributed by atoms with E-state index in [1.54, 1.807) is 17.7 Å². The van der Waals surface area contributed by atoms with Crippen molar-refractivity contribution < 1.29 is 13.6 Å².